The van der Waals surface area contributed by atoms with Crippen molar-refractivity contribution in [2.45, 2.75) is 250 Å². The van der Waals surface area contributed by atoms with E-state index in [0.29, 0.717) is 36.3 Å². The molecule has 8 aliphatic rings. The molecule has 0 aromatic heterocycles. The van der Waals surface area contributed by atoms with E-state index in [9.17, 15) is 10.2 Å². The predicted molar refractivity (Wildman–Crippen MR) is 191 cm³/mol. The summed E-state index contributed by atoms with van der Waals surface area (Å²) in [5.74, 6) is 0. The molecule has 8 fully saturated rings. The van der Waals surface area contributed by atoms with Crippen molar-refractivity contribution in [3.8, 4) is 0 Å². The van der Waals surface area contributed by atoms with Gasteiger partial charge in [0.15, 0.2) is 0 Å². The molecule has 0 amide bonds. The van der Waals surface area contributed by atoms with E-state index < -0.39 is 5.60 Å². The van der Waals surface area contributed by atoms with Gasteiger partial charge in [-0.05, 0) is 152 Å². The minimum Gasteiger partial charge on any atom is -0.391 e. The van der Waals surface area contributed by atoms with Gasteiger partial charge in [-0.2, -0.15) is 0 Å². The second-order valence-corrected chi connectivity index (χ2v) is 17.4. The molecule has 8 atom stereocenters. The summed E-state index contributed by atoms with van der Waals surface area (Å²) in [6.07, 6.45) is 20.2. The number of hydrogen-bond donors (Lipinski definition) is 2. The van der Waals surface area contributed by atoms with Crippen LogP contribution >= 0.6 is 0 Å². The molecule has 8 unspecified atom stereocenters. The largest absolute Gasteiger partial charge is 0.391 e. The number of hydrogen-bond acceptors (Lipinski definition) is 6. The molecule has 45 heavy (non-hydrogen) atoms. The van der Waals surface area contributed by atoms with Crippen molar-refractivity contribution in [1.82, 2.24) is 19.6 Å². The van der Waals surface area contributed by atoms with Crippen LogP contribution in [0.3, 0.4) is 0 Å². The van der Waals surface area contributed by atoms with Gasteiger partial charge >= 0.3 is 0 Å². The summed E-state index contributed by atoms with van der Waals surface area (Å²) < 4.78 is 0. The molecule has 6 nitrogen and oxygen atoms in total. The number of piperidine rings is 1. The number of aliphatic hydroxyl groups is 2. The lowest BCUT2D eigenvalue weighted by atomic mass is 9.86. The van der Waals surface area contributed by atoms with Crippen LogP contribution in [0.1, 0.15) is 166 Å². The minimum absolute atomic E-state index is 0. The van der Waals surface area contributed by atoms with Crippen molar-refractivity contribution in [2.24, 2.45) is 0 Å². The molecule has 0 aliphatic carbocycles. The first kappa shape index (κ1) is 37.6. The summed E-state index contributed by atoms with van der Waals surface area (Å²) in [6.45, 7) is 20.2. The van der Waals surface area contributed by atoms with Gasteiger partial charge in [0.25, 0.3) is 0 Å². The normalized spacial score (nSPS) is 41.8. The number of nitrogens with zero attached hydrogens (tertiary/aromatic N) is 4. The molecular weight excluding hydrogens is 556 g/mol. The smallest absolute Gasteiger partial charge is 0.0789 e. The van der Waals surface area contributed by atoms with E-state index in [1.54, 1.807) is 0 Å². The van der Waals surface area contributed by atoms with Crippen LogP contribution in [0.5, 0.6) is 0 Å². The quantitative estimate of drug-likeness (QED) is 0.336. The predicted octanol–water partition coefficient (Wildman–Crippen LogP) is 7.44. The summed E-state index contributed by atoms with van der Waals surface area (Å²) in [4.78, 5) is 10.5. The molecule has 2 N–H and O–H groups in total. The molecule has 8 aliphatic heterocycles. The van der Waals surface area contributed by atoms with Gasteiger partial charge in [0.05, 0.1) is 11.7 Å². The van der Waals surface area contributed by atoms with Crippen LogP contribution in [0.15, 0.2) is 0 Å². The molecule has 0 saturated carbocycles. The first-order valence-electron chi connectivity index (χ1n) is 19.3. The molecule has 8 bridgehead atoms. The fraction of sp³-hybridized carbons (Fsp3) is 1.00. The van der Waals surface area contributed by atoms with Crippen LogP contribution < -0.4 is 0 Å². The molecule has 8 saturated heterocycles. The van der Waals surface area contributed by atoms with Crippen molar-refractivity contribution in [3.05, 3.63) is 0 Å². The Labute approximate surface area is 279 Å². The maximum absolute atomic E-state index is 10.1. The topological polar surface area (TPSA) is 53.4 Å². The maximum atomic E-state index is 10.1. The van der Waals surface area contributed by atoms with Gasteiger partial charge in [-0.25, -0.2) is 0 Å². The molecule has 8 rings (SSSR count). The number of rotatable bonds is 4. The van der Waals surface area contributed by atoms with Gasteiger partial charge in [-0.15, -0.1) is 0 Å². The SMILES string of the molecule is C.CC(C)N1C2CCC1C(C)(O)C2.CC(C)N1C2CCC1C(O)C2.CC(C)N1C2CCC1CC2.CC(C)N1C2CCCC1CC2. The first-order valence-corrected chi connectivity index (χ1v) is 19.3. The van der Waals surface area contributed by atoms with Gasteiger partial charge in [0.1, 0.15) is 0 Å². The summed E-state index contributed by atoms with van der Waals surface area (Å²) in [5.41, 5.74) is -0.410. The Morgan fingerprint density at radius 1 is 0.511 bits per heavy atom. The second-order valence-electron chi connectivity index (χ2n) is 17.4. The first-order chi connectivity index (χ1) is 20.8. The third-order valence-corrected chi connectivity index (χ3v) is 13.1. The van der Waals surface area contributed by atoms with Crippen LogP contribution in [0.2, 0.25) is 0 Å². The summed E-state index contributed by atoms with van der Waals surface area (Å²) in [7, 11) is 0. The Hall–Kier alpha value is -0.240. The molecule has 6 heteroatoms. The van der Waals surface area contributed by atoms with Crippen LogP contribution in [-0.2, 0) is 0 Å². The van der Waals surface area contributed by atoms with Gasteiger partial charge < -0.3 is 10.2 Å². The average Bonchev–Trinajstić information content (AvgIpc) is 3.80. The molecule has 8 heterocycles. The van der Waals surface area contributed by atoms with E-state index in [-0.39, 0.29) is 13.5 Å². The summed E-state index contributed by atoms with van der Waals surface area (Å²) in [6, 6.07) is 8.88. The van der Waals surface area contributed by atoms with Gasteiger partial charge in [-0.1, -0.05) is 13.8 Å². The van der Waals surface area contributed by atoms with E-state index in [2.05, 4.69) is 75.0 Å². The lowest BCUT2D eigenvalue weighted by Gasteiger charge is -2.37. The van der Waals surface area contributed by atoms with Crippen molar-refractivity contribution in [1.29, 1.82) is 0 Å². The van der Waals surface area contributed by atoms with Gasteiger partial charge in [0.2, 0.25) is 0 Å². The van der Waals surface area contributed by atoms with E-state index in [0.717, 1.165) is 49.1 Å². The van der Waals surface area contributed by atoms with Gasteiger partial charge in [0, 0.05) is 72.5 Å². The average molecular weight is 633 g/mol. The van der Waals surface area contributed by atoms with Crippen LogP contribution in [0.25, 0.3) is 0 Å². The minimum atomic E-state index is -0.410. The van der Waals surface area contributed by atoms with Crippen molar-refractivity contribution in [3.63, 3.8) is 0 Å². The highest BCUT2D eigenvalue weighted by Gasteiger charge is 2.53. The second kappa shape index (κ2) is 15.5. The zero-order valence-corrected chi connectivity index (χ0v) is 30.3. The maximum Gasteiger partial charge on any atom is 0.0789 e. The monoisotopic (exact) mass is 633 g/mol. The lowest BCUT2D eigenvalue weighted by Crippen LogP contribution is -2.43. The molecule has 0 aromatic rings. The fourth-order valence-corrected chi connectivity index (χ4v) is 11.7. The molecule has 264 valence electrons. The Bertz CT molecular complexity index is 863. The highest BCUT2D eigenvalue weighted by molar-refractivity contribution is 5.08. The van der Waals surface area contributed by atoms with Crippen LogP contribution in [-0.4, -0.2) is 114 Å². The third-order valence-electron chi connectivity index (χ3n) is 13.1. The summed E-state index contributed by atoms with van der Waals surface area (Å²) in [5, 5.41) is 19.7. The highest BCUT2D eigenvalue weighted by Crippen LogP contribution is 2.45. The number of fused-ring (bicyclic) bond motifs is 8. The zero-order chi connectivity index (χ0) is 31.9. The zero-order valence-electron chi connectivity index (χ0n) is 30.3. The van der Waals surface area contributed by atoms with E-state index in [4.69, 9.17) is 0 Å². The fourth-order valence-electron chi connectivity index (χ4n) is 11.7. The lowest BCUT2D eigenvalue weighted by molar-refractivity contribution is 0.0147. The van der Waals surface area contributed by atoms with E-state index in [1.807, 2.05) is 6.92 Å². The van der Waals surface area contributed by atoms with Crippen LogP contribution in [0, 0.1) is 0 Å². The Morgan fingerprint density at radius 2 is 0.911 bits per heavy atom. The van der Waals surface area contributed by atoms with Gasteiger partial charge in [-0.3, -0.25) is 19.6 Å². The number of aliphatic hydroxyl groups excluding tert-OH is 1. The van der Waals surface area contributed by atoms with Crippen molar-refractivity contribution in [2.75, 3.05) is 0 Å². The summed E-state index contributed by atoms with van der Waals surface area (Å²) >= 11 is 0. The third kappa shape index (κ3) is 7.99. The van der Waals surface area contributed by atoms with Crippen molar-refractivity contribution >= 4 is 0 Å². The molecule has 0 spiro atoms. The standard InChI is InChI=1S/C10H19NO.C10H19N.C9H17NO.C9H17N.CH4/c1-7(2)11-8-4-5-9(11)10(3,12)6-8;1-8(2)11-9-4-3-5-10(11)7-6-9;1-6(2)10-7-3-4-8(10)9(11)5-7;1-7(2)10-8-3-4-9(10)6-5-8;/h7-9,12H,4-6H2,1-3H3;8-10H,3-7H2,1-2H3;6-9,11H,3-5H2,1-2H3;7-9H,3-6H2,1-2H3;1H4. The Morgan fingerprint density at radius 3 is 1.16 bits per heavy atom. The van der Waals surface area contributed by atoms with E-state index >= 15 is 0 Å². The highest BCUT2D eigenvalue weighted by atomic mass is 16.3. The van der Waals surface area contributed by atoms with Crippen molar-refractivity contribution < 1.29 is 10.2 Å². The molecule has 0 radical (unpaired) electrons. The van der Waals surface area contributed by atoms with Crippen LogP contribution in [0.4, 0.5) is 0 Å². The Balaban J connectivity index is 0.000000136. The van der Waals surface area contributed by atoms with E-state index in [1.165, 1.54) is 83.5 Å². The molecule has 0 aromatic carbocycles. The Kier molecular flexibility index (Phi) is 13.0. The molecular formula is C39H76N4O2.